The van der Waals surface area contributed by atoms with E-state index in [9.17, 15) is 17.2 Å². The van der Waals surface area contributed by atoms with Crippen LogP contribution in [0.3, 0.4) is 0 Å². The standard InChI is InChI=1S/C16H16F2N2O3S/c17-16(18)23-13-8-6-12(7-9-13)20-24(21,22)14-5-1-3-11-4-2-10-19-15(11)14/h1,3,5-9,16,19-20H,2,4,10H2. The van der Waals surface area contributed by atoms with Crippen molar-refractivity contribution >= 4 is 21.4 Å². The van der Waals surface area contributed by atoms with Crippen LogP contribution >= 0.6 is 0 Å². The smallest absolute Gasteiger partial charge is 0.387 e. The summed E-state index contributed by atoms with van der Waals surface area (Å²) in [4.78, 5) is 0.174. The molecule has 0 atom stereocenters. The molecule has 1 aliphatic rings. The van der Waals surface area contributed by atoms with E-state index in [4.69, 9.17) is 0 Å². The molecule has 1 heterocycles. The zero-order valence-electron chi connectivity index (χ0n) is 12.6. The van der Waals surface area contributed by atoms with Crippen LogP contribution in [-0.4, -0.2) is 21.6 Å². The Bertz CT molecular complexity index is 824. The first kappa shape index (κ1) is 16.5. The Morgan fingerprint density at radius 3 is 2.58 bits per heavy atom. The summed E-state index contributed by atoms with van der Waals surface area (Å²) in [5.41, 5.74) is 1.85. The van der Waals surface area contributed by atoms with Crippen molar-refractivity contribution in [2.75, 3.05) is 16.6 Å². The number of sulfonamides is 1. The molecule has 0 saturated carbocycles. The zero-order chi connectivity index (χ0) is 17.2. The zero-order valence-corrected chi connectivity index (χ0v) is 13.4. The van der Waals surface area contributed by atoms with E-state index < -0.39 is 16.6 Å². The van der Waals surface area contributed by atoms with Crippen molar-refractivity contribution in [3.8, 4) is 5.75 Å². The van der Waals surface area contributed by atoms with Gasteiger partial charge in [-0.05, 0) is 48.7 Å². The second-order valence-corrected chi connectivity index (χ2v) is 6.98. The largest absolute Gasteiger partial charge is 0.435 e. The van der Waals surface area contributed by atoms with E-state index >= 15 is 0 Å². The van der Waals surface area contributed by atoms with Gasteiger partial charge in [-0.1, -0.05) is 12.1 Å². The molecule has 5 nitrogen and oxygen atoms in total. The number of benzene rings is 2. The van der Waals surface area contributed by atoms with Gasteiger partial charge in [-0.2, -0.15) is 8.78 Å². The molecule has 0 bridgehead atoms. The molecule has 2 aromatic carbocycles. The third-order valence-electron chi connectivity index (χ3n) is 3.66. The van der Waals surface area contributed by atoms with E-state index in [1.165, 1.54) is 30.3 Å². The molecule has 0 amide bonds. The van der Waals surface area contributed by atoms with Crippen molar-refractivity contribution in [1.82, 2.24) is 0 Å². The van der Waals surface area contributed by atoms with E-state index in [-0.39, 0.29) is 16.3 Å². The molecular weight excluding hydrogens is 338 g/mol. The monoisotopic (exact) mass is 354 g/mol. The Labute approximate surface area is 138 Å². The summed E-state index contributed by atoms with van der Waals surface area (Å²) >= 11 is 0. The molecule has 8 heteroatoms. The number of alkyl halides is 2. The SMILES string of the molecule is O=S(=O)(Nc1ccc(OC(F)F)cc1)c1cccc2c1NCCC2. The van der Waals surface area contributed by atoms with E-state index in [0.717, 1.165) is 24.9 Å². The Balaban J connectivity index is 1.84. The summed E-state index contributed by atoms with van der Waals surface area (Å²) in [6.45, 7) is -2.20. The predicted molar refractivity (Wildman–Crippen MR) is 87.1 cm³/mol. The first-order valence-electron chi connectivity index (χ1n) is 7.39. The van der Waals surface area contributed by atoms with Crippen LogP contribution in [0.4, 0.5) is 20.2 Å². The molecular formula is C16H16F2N2O3S. The summed E-state index contributed by atoms with van der Waals surface area (Å²) in [6, 6.07) is 10.5. The Hall–Kier alpha value is -2.35. The molecule has 24 heavy (non-hydrogen) atoms. The highest BCUT2D eigenvalue weighted by molar-refractivity contribution is 7.92. The fraction of sp³-hybridized carbons (Fsp3) is 0.250. The summed E-state index contributed by atoms with van der Waals surface area (Å²) in [5, 5.41) is 3.13. The molecule has 2 N–H and O–H groups in total. The Kier molecular flexibility index (Phi) is 4.57. The van der Waals surface area contributed by atoms with Crippen LogP contribution in [0.15, 0.2) is 47.4 Å². The lowest BCUT2D eigenvalue weighted by Crippen LogP contribution is -2.19. The number of rotatable bonds is 5. The van der Waals surface area contributed by atoms with Gasteiger partial charge in [0.15, 0.2) is 0 Å². The molecule has 0 unspecified atom stereocenters. The third-order valence-corrected chi connectivity index (χ3v) is 5.08. The number of nitrogens with one attached hydrogen (secondary N) is 2. The fourth-order valence-electron chi connectivity index (χ4n) is 2.62. The first-order valence-corrected chi connectivity index (χ1v) is 8.87. The normalized spacial score (nSPS) is 14.0. The average Bonchev–Trinajstić information content (AvgIpc) is 2.55. The van der Waals surface area contributed by atoms with Gasteiger partial charge in [0.1, 0.15) is 10.6 Å². The number of para-hydroxylation sites is 1. The summed E-state index contributed by atoms with van der Waals surface area (Å²) in [5.74, 6) is -0.0355. The summed E-state index contributed by atoms with van der Waals surface area (Å²) < 4.78 is 56.2. The van der Waals surface area contributed by atoms with Crippen LogP contribution in [0.2, 0.25) is 0 Å². The third kappa shape index (κ3) is 3.59. The molecule has 0 spiro atoms. The van der Waals surface area contributed by atoms with Crippen LogP contribution in [-0.2, 0) is 16.4 Å². The maximum Gasteiger partial charge on any atom is 0.387 e. The fourth-order valence-corrected chi connectivity index (χ4v) is 3.90. The average molecular weight is 354 g/mol. The minimum Gasteiger partial charge on any atom is -0.435 e. The highest BCUT2D eigenvalue weighted by Crippen LogP contribution is 2.31. The number of anilines is 2. The molecule has 0 aromatic heterocycles. The van der Waals surface area contributed by atoms with Crippen molar-refractivity contribution in [3.05, 3.63) is 48.0 Å². The predicted octanol–water partition coefficient (Wildman–Crippen LogP) is 3.45. The minimum absolute atomic E-state index is 0.0355. The maximum atomic E-state index is 12.6. The quantitative estimate of drug-likeness (QED) is 0.863. The van der Waals surface area contributed by atoms with Crippen molar-refractivity contribution in [2.45, 2.75) is 24.3 Å². The first-order chi connectivity index (χ1) is 11.5. The molecule has 3 rings (SSSR count). The number of ether oxygens (including phenoxy) is 1. The van der Waals surface area contributed by atoms with Gasteiger partial charge in [0.2, 0.25) is 0 Å². The lowest BCUT2D eigenvalue weighted by Gasteiger charge is -2.21. The van der Waals surface area contributed by atoms with Crippen LogP contribution in [0.1, 0.15) is 12.0 Å². The molecule has 0 radical (unpaired) electrons. The molecule has 128 valence electrons. The second kappa shape index (κ2) is 6.64. The molecule has 1 aliphatic heterocycles. The van der Waals surface area contributed by atoms with Crippen molar-refractivity contribution in [3.63, 3.8) is 0 Å². The van der Waals surface area contributed by atoms with Gasteiger partial charge in [-0.15, -0.1) is 0 Å². The van der Waals surface area contributed by atoms with E-state index in [2.05, 4.69) is 14.8 Å². The van der Waals surface area contributed by atoms with Crippen molar-refractivity contribution in [2.24, 2.45) is 0 Å². The van der Waals surface area contributed by atoms with Gasteiger partial charge in [0.05, 0.1) is 5.69 Å². The van der Waals surface area contributed by atoms with Crippen LogP contribution in [0.5, 0.6) is 5.75 Å². The van der Waals surface area contributed by atoms with Crippen molar-refractivity contribution < 1.29 is 21.9 Å². The molecule has 0 fully saturated rings. The van der Waals surface area contributed by atoms with Gasteiger partial charge in [-0.25, -0.2) is 8.42 Å². The number of hydrogen-bond acceptors (Lipinski definition) is 4. The van der Waals surface area contributed by atoms with E-state index in [1.807, 2.05) is 6.07 Å². The van der Waals surface area contributed by atoms with Gasteiger partial charge >= 0.3 is 6.61 Å². The van der Waals surface area contributed by atoms with E-state index in [1.54, 1.807) is 6.07 Å². The van der Waals surface area contributed by atoms with Crippen molar-refractivity contribution in [1.29, 1.82) is 0 Å². The van der Waals surface area contributed by atoms with Gasteiger partial charge < -0.3 is 10.1 Å². The number of halogens is 2. The van der Waals surface area contributed by atoms with E-state index in [0.29, 0.717) is 5.69 Å². The van der Waals surface area contributed by atoms with Crippen LogP contribution in [0, 0.1) is 0 Å². The minimum atomic E-state index is -3.79. The summed E-state index contributed by atoms with van der Waals surface area (Å²) in [7, 11) is -3.79. The number of fused-ring (bicyclic) bond motifs is 1. The Morgan fingerprint density at radius 2 is 1.88 bits per heavy atom. The number of aryl methyl sites for hydroxylation is 1. The van der Waals surface area contributed by atoms with Gasteiger partial charge in [0.25, 0.3) is 10.0 Å². The molecule has 0 saturated heterocycles. The summed E-state index contributed by atoms with van der Waals surface area (Å²) in [6.07, 6.45) is 1.78. The molecule has 0 aliphatic carbocycles. The topological polar surface area (TPSA) is 67.4 Å². The Morgan fingerprint density at radius 1 is 1.12 bits per heavy atom. The maximum absolute atomic E-state index is 12.6. The lowest BCUT2D eigenvalue weighted by atomic mass is 10.0. The molecule has 2 aromatic rings. The second-order valence-electron chi connectivity index (χ2n) is 5.33. The number of hydrogen-bond donors (Lipinski definition) is 2. The van der Waals surface area contributed by atoms with Crippen LogP contribution in [0.25, 0.3) is 0 Å². The van der Waals surface area contributed by atoms with Gasteiger partial charge in [-0.3, -0.25) is 4.72 Å². The van der Waals surface area contributed by atoms with Gasteiger partial charge in [0, 0.05) is 12.2 Å². The highest BCUT2D eigenvalue weighted by atomic mass is 32.2. The van der Waals surface area contributed by atoms with Crippen LogP contribution < -0.4 is 14.8 Å². The highest BCUT2D eigenvalue weighted by Gasteiger charge is 2.22. The lowest BCUT2D eigenvalue weighted by molar-refractivity contribution is -0.0498.